The first-order valence-electron chi connectivity index (χ1n) is 7.85. The van der Waals surface area contributed by atoms with E-state index in [1.54, 1.807) is 13.2 Å². The highest BCUT2D eigenvalue weighted by atomic mass is 16.5. The fourth-order valence-corrected chi connectivity index (χ4v) is 2.62. The Morgan fingerprint density at radius 3 is 2.87 bits per heavy atom. The molecule has 1 amide bonds. The van der Waals surface area contributed by atoms with E-state index in [0.29, 0.717) is 24.1 Å². The van der Waals surface area contributed by atoms with Crippen LogP contribution in [-0.4, -0.2) is 13.0 Å². The van der Waals surface area contributed by atoms with Crippen LogP contribution in [0.15, 0.2) is 46.9 Å². The maximum absolute atomic E-state index is 11.9. The van der Waals surface area contributed by atoms with Crippen molar-refractivity contribution < 1.29 is 13.9 Å². The van der Waals surface area contributed by atoms with Crippen LogP contribution in [0.25, 0.3) is 6.08 Å². The van der Waals surface area contributed by atoms with Gasteiger partial charge in [-0.2, -0.15) is 0 Å². The Hall–Kier alpha value is -2.49. The molecule has 0 aliphatic heterocycles. The lowest BCUT2D eigenvalue weighted by Crippen LogP contribution is -2.20. The van der Waals surface area contributed by atoms with Crippen LogP contribution in [0, 0.1) is 5.92 Å². The molecule has 3 rings (SSSR count). The summed E-state index contributed by atoms with van der Waals surface area (Å²) in [6.45, 7) is 2.64. The molecule has 1 heterocycles. The van der Waals surface area contributed by atoms with E-state index in [1.807, 2.05) is 36.4 Å². The van der Waals surface area contributed by atoms with Gasteiger partial charge in [0.05, 0.1) is 7.11 Å². The van der Waals surface area contributed by atoms with Gasteiger partial charge in [0.15, 0.2) is 0 Å². The number of hydrogen-bond acceptors (Lipinski definition) is 3. The van der Waals surface area contributed by atoms with Crippen molar-refractivity contribution in [3.63, 3.8) is 0 Å². The summed E-state index contributed by atoms with van der Waals surface area (Å²) in [6, 6.07) is 11.5. The minimum absolute atomic E-state index is 0.159. The average molecular weight is 311 g/mol. The predicted molar refractivity (Wildman–Crippen MR) is 89.1 cm³/mol. The first-order valence-corrected chi connectivity index (χ1v) is 7.85. The van der Waals surface area contributed by atoms with Crippen molar-refractivity contribution in [1.29, 1.82) is 0 Å². The number of nitrogens with one attached hydrogen (secondary N) is 1. The van der Waals surface area contributed by atoms with Crippen molar-refractivity contribution in [1.82, 2.24) is 5.32 Å². The van der Waals surface area contributed by atoms with Gasteiger partial charge < -0.3 is 14.5 Å². The van der Waals surface area contributed by atoms with Gasteiger partial charge in [-0.1, -0.05) is 25.1 Å². The highest BCUT2D eigenvalue weighted by molar-refractivity contribution is 5.91. The van der Waals surface area contributed by atoms with E-state index >= 15 is 0 Å². The molecule has 2 atom stereocenters. The van der Waals surface area contributed by atoms with Gasteiger partial charge in [0.25, 0.3) is 0 Å². The molecule has 4 heteroatoms. The second kappa shape index (κ2) is 6.73. The monoisotopic (exact) mass is 311 g/mol. The second-order valence-corrected chi connectivity index (χ2v) is 5.92. The molecule has 0 radical (unpaired) electrons. The SMILES string of the molecule is COc1ccccc1CNC(=O)/C=C\c1ccc([C@@H]2C[C@@H]2C)o1. The van der Waals surface area contributed by atoms with Crippen LogP contribution in [-0.2, 0) is 11.3 Å². The minimum Gasteiger partial charge on any atom is -0.496 e. The zero-order valence-electron chi connectivity index (χ0n) is 13.4. The van der Waals surface area contributed by atoms with Gasteiger partial charge in [0, 0.05) is 24.1 Å². The molecule has 4 nitrogen and oxygen atoms in total. The van der Waals surface area contributed by atoms with Crippen LogP contribution >= 0.6 is 0 Å². The van der Waals surface area contributed by atoms with Crippen molar-refractivity contribution in [2.45, 2.75) is 25.8 Å². The number of carbonyl (C=O) groups excluding carboxylic acids is 1. The Kier molecular flexibility index (Phi) is 4.51. The normalized spacial score (nSPS) is 19.7. The Labute approximate surface area is 136 Å². The zero-order chi connectivity index (χ0) is 16.2. The van der Waals surface area contributed by atoms with Crippen LogP contribution in [0.5, 0.6) is 5.75 Å². The molecule has 0 unspecified atom stereocenters. The first kappa shape index (κ1) is 15.4. The van der Waals surface area contributed by atoms with E-state index in [4.69, 9.17) is 9.15 Å². The number of amides is 1. The molecular formula is C19H21NO3. The molecule has 120 valence electrons. The molecule has 2 aromatic rings. The molecule has 23 heavy (non-hydrogen) atoms. The maximum Gasteiger partial charge on any atom is 0.244 e. The summed E-state index contributed by atoms with van der Waals surface area (Å²) >= 11 is 0. The summed E-state index contributed by atoms with van der Waals surface area (Å²) in [5, 5.41) is 2.85. The summed E-state index contributed by atoms with van der Waals surface area (Å²) in [7, 11) is 1.62. The number of ether oxygens (including phenoxy) is 1. The van der Waals surface area contributed by atoms with Crippen molar-refractivity contribution in [2.75, 3.05) is 7.11 Å². The lowest BCUT2D eigenvalue weighted by atomic mass is 10.2. The van der Waals surface area contributed by atoms with Gasteiger partial charge >= 0.3 is 0 Å². The van der Waals surface area contributed by atoms with E-state index in [9.17, 15) is 4.79 Å². The number of hydrogen-bond donors (Lipinski definition) is 1. The topological polar surface area (TPSA) is 51.5 Å². The largest absolute Gasteiger partial charge is 0.496 e. The smallest absolute Gasteiger partial charge is 0.244 e. The molecular weight excluding hydrogens is 290 g/mol. The molecule has 1 N–H and O–H groups in total. The van der Waals surface area contributed by atoms with Gasteiger partial charge in [0.2, 0.25) is 5.91 Å². The zero-order valence-corrected chi connectivity index (χ0v) is 13.4. The molecule has 0 saturated heterocycles. The number of furan rings is 1. The standard InChI is InChI=1S/C19H21NO3/c1-13-11-16(13)18-9-7-15(23-18)8-10-19(21)20-12-14-5-3-4-6-17(14)22-2/h3-10,13,16H,11-12H2,1-2H3,(H,20,21)/b10-8-/t13-,16+/m0/s1. The number of benzene rings is 1. The molecule has 1 aromatic carbocycles. The average Bonchev–Trinajstić information content (AvgIpc) is 3.11. The van der Waals surface area contributed by atoms with Crippen molar-refractivity contribution in [3.8, 4) is 5.75 Å². The highest BCUT2D eigenvalue weighted by Gasteiger charge is 2.36. The molecule has 1 aromatic heterocycles. The van der Waals surface area contributed by atoms with Gasteiger partial charge in [-0.3, -0.25) is 4.79 Å². The Bertz CT molecular complexity index is 717. The van der Waals surface area contributed by atoms with E-state index in [-0.39, 0.29) is 5.91 Å². The van der Waals surface area contributed by atoms with Crippen LogP contribution < -0.4 is 10.1 Å². The molecule has 0 bridgehead atoms. The van der Waals surface area contributed by atoms with Crippen LogP contribution in [0.4, 0.5) is 0 Å². The maximum atomic E-state index is 11.9. The van der Waals surface area contributed by atoms with Gasteiger partial charge in [-0.25, -0.2) is 0 Å². The summed E-state index contributed by atoms with van der Waals surface area (Å²) in [5.74, 6) is 3.61. The van der Waals surface area contributed by atoms with Crippen LogP contribution in [0.3, 0.4) is 0 Å². The molecule has 1 saturated carbocycles. The van der Waals surface area contributed by atoms with E-state index in [0.717, 1.165) is 17.1 Å². The van der Waals surface area contributed by atoms with Crippen LogP contribution in [0.2, 0.25) is 0 Å². The third-order valence-electron chi connectivity index (χ3n) is 4.17. The quantitative estimate of drug-likeness (QED) is 0.827. The molecule has 1 fully saturated rings. The van der Waals surface area contributed by atoms with E-state index in [2.05, 4.69) is 12.2 Å². The minimum atomic E-state index is -0.159. The summed E-state index contributed by atoms with van der Waals surface area (Å²) in [6.07, 6.45) is 4.39. The number of carbonyl (C=O) groups is 1. The van der Waals surface area contributed by atoms with Gasteiger partial charge in [0.1, 0.15) is 17.3 Å². The first-order chi connectivity index (χ1) is 11.2. The van der Waals surface area contributed by atoms with Crippen molar-refractivity contribution in [3.05, 3.63) is 59.6 Å². The van der Waals surface area contributed by atoms with Crippen molar-refractivity contribution >= 4 is 12.0 Å². The summed E-state index contributed by atoms with van der Waals surface area (Å²) in [5.41, 5.74) is 0.944. The molecule has 0 spiro atoms. The van der Waals surface area contributed by atoms with E-state index in [1.165, 1.54) is 12.5 Å². The summed E-state index contributed by atoms with van der Waals surface area (Å²) < 4.78 is 11.0. The summed E-state index contributed by atoms with van der Waals surface area (Å²) in [4.78, 5) is 11.9. The predicted octanol–water partition coefficient (Wildman–Crippen LogP) is 3.74. The second-order valence-electron chi connectivity index (χ2n) is 5.92. The fourth-order valence-electron chi connectivity index (χ4n) is 2.62. The van der Waals surface area contributed by atoms with E-state index < -0.39 is 0 Å². The number of para-hydroxylation sites is 1. The van der Waals surface area contributed by atoms with Gasteiger partial charge in [-0.05, 0) is 36.6 Å². The Morgan fingerprint density at radius 1 is 1.35 bits per heavy atom. The lowest BCUT2D eigenvalue weighted by Gasteiger charge is -2.08. The Balaban J connectivity index is 1.53. The lowest BCUT2D eigenvalue weighted by molar-refractivity contribution is -0.116. The fraction of sp³-hybridized carbons (Fsp3) is 0.316. The van der Waals surface area contributed by atoms with Crippen molar-refractivity contribution in [2.24, 2.45) is 5.92 Å². The highest BCUT2D eigenvalue weighted by Crippen LogP contribution is 2.47. The number of methoxy groups -OCH3 is 1. The van der Waals surface area contributed by atoms with Crippen LogP contribution in [0.1, 0.15) is 36.3 Å². The Morgan fingerprint density at radius 2 is 2.13 bits per heavy atom. The number of rotatable bonds is 6. The molecule has 1 aliphatic carbocycles. The molecule has 1 aliphatic rings. The van der Waals surface area contributed by atoms with Gasteiger partial charge in [-0.15, -0.1) is 0 Å². The third kappa shape index (κ3) is 3.83. The third-order valence-corrected chi connectivity index (χ3v) is 4.17.